The first-order valence-electron chi connectivity index (χ1n) is 5.31. The number of amidine groups is 1. The van der Waals surface area contributed by atoms with Gasteiger partial charge in [0.1, 0.15) is 12.4 Å². The van der Waals surface area contributed by atoms with Crippen molar-refractivity contribution in [3.05, 3.63) is 29.7 Å². The number of hydrogen-bond donors (Lipinski definition) is 3. The Hall–Kier alpha value is -1.96. The fraction of sp³-hybridized carbons (Fsp3) is 0.400. The summed E-state index contributed by atoms with van der Waals surface area (Å²) >= 11 is 0. The van der Waals surface area contributed by atoms with Crippen molar-refractivity contribution in [1.82, 2.24) is 15.1 Å². The van der Waals surface area contributed by atoms with Gasteiger partial charge >= 0.3 is 0 Å². The number of hydrogen-bond acceptors (Lipinski definition) is 5. The topological polar surface area (TPSA) is 94.2 Å². The van der Waals surface area contributed by atoms with E-state index in [1.54, 1.807) is 13.1 Å². The van der Waals surface area contributed by atoms with Crippen LogP contribution < -0.4 is 16.8 Å². The quantitative estimate of drug-likeness (QED) is 0.714. The second-order valence-electron chi connectivity index (χ2n) is 4.08. The second-order valence-corrected chi connectivity index (χ2v) is 4.08. The molecule has 18 heavy (non-hydrogen) atoms. The maximum Gasteiger partial charge on any atom is 0.257 e. The third kappa shape index (κ3) is 2.33. The summed E-state index contributed by atoms with van der Waals surface area (Å²) in [5.41, 5.74) is 12.9. The Kier molecular flexibility index (Phi) is 3.04. The molecule has 0 spiro atoms. The third-order valence-corrected chi connectivity index (χ3v) is 2.61. The third-order valence-electron chi connectivity index (χ3n) is 2.61. The molecule has 0 amide bonds. The predicted octanol–water partition coefficient (Wildman–Crippen LogP) is 0.0814. The van der Waals surface area contributed by atoms with E-state index in [0.717, 1.165) is 10.3 Å². The smallest absolute Gasteiger partial charge is 0.257 e. The van der Waals surface area contributed by atoms with E-state index in [2.05, 4.69) is 15.4 Å². The van der Waals surface area contributed by atoms with Crippen LogP contribution in [-0.4, -0.2) is 22.0 Å². The van der Waals surface area contributed by atoms with E-state index in [9.17, 15) is 8.78 Å². The van der Waals surface area contributed by atoms with E-state index in [4.69, 9.17) is 11.5 Å². The molecule has 1 aliphatic heterocycles. The average molecular weight is 256 g/mol. The largest absolute Gasteiger partial charge is 0.384 e. The minimum Gasteiger partial charge on any atom is -0.384 e. The Morgan fingerprint density at radius 2 is 2.28 bits per heavy atom. The molecule has 2 rings (SSSR count). The van der Waals surface area contributed by atoms with E-state index < -0.39 is 18.8 Å². The zero-order valence-electron chi connectivity index (χ0n) is 9.77. The molecule has 0 saturated heterocycles. The standard InChI is InChI=1S/C10H14F2N6/c1-6-2-15-10(14,17-9(6)13)7-3-16-18(4-7)5-8(11)12/h2-4,8,15H,5,14H2,1H3,(H2,13,17). The van der Waals surface area contributed by atoms with Gasteiger partial charge in [-0.2, -0.15) is 5.10 Å². The van der Waals surface area contributed by atoms with Gasteiger partial charge in [-0.25, -0.2) is 13.8 Å². The highest BCUT2D eigenvalue weighted by Crippen LogP contribution is 2.20. The summed E-state index contributed by atoms with van der Waals surface area (Å²) in [5, 5.41) is 6.67. The van der Waals surface area contributed by atoms with Crippen LogP contribution >= 0.6 is 0 Å². The molecule has 1 aliphatic rings. The molecule has 0 fully saturated rings. The van der Waals surface area contributed by atoms with Crippen LogP contribution in [0.5, 0.6) is 0 Å². The Bertz CT molecular complexity index is 506. The van der Waals surface area contributed by atoms with Crippen LogP contribution in [0.15, 0.2) is 29.2 Å². The molecular formula is C10H14F2N6. The number of aromatic nitrogens is 2. The summed E-state index contributed by atoms with van der Waals surface area (Å²) in [7, 11) is 0. The summed E-state index contributed by atoms with van der Waals surface area (Å²) < 4.78 is 25.6. The minimum atomic E-state index is -2.47. The van der Waals surface area contributed by atoms with Crippen molar-refractivity contribution in [2.75, 3.05) is 0 Å². The summed E-state index contributed by atoms with van der Waals surface area (Å²) in [6.07, 6.45) is 1.97. The minimum absolute atomic E-state index is 0.304. The summed E-state index contributed by atoms with van der Waals surface area (Å²) in [6, 6.07) is 0. The van der Waals surface area contributed by atoms with E-state index in [1.165, 1.54) is 12.4 Å². The van der Waals surface area contributed by atoms with Crippen LogP contribution in [0.2, 0.25) is 0 Å². The van der Waals surface area contributed by atoms with Crippen molar-refractivity contribution >= 4 is 5.84 Å². The van der Waals surface area contributed by atoms with Gasteiger partial charge in [0.15, 0.2) is 0 Å². The van der Waals surface area contributed by atoms with Crippen molar-refractivity contribution < 1.29 is 8.78 Å². The highest BCUT2D eigenvalue weighted by Gasteiger charge is 2.30. The highest BCUT2D eigenvalue weighted by atomic mass is 19.3. The molecule has 0 aromatic carbocycles. The number of halogens is 2. The maximum absolute atomic E-state index is 12.2. The maximum atomic E-state index is 12.2. The van der Waals surface area contributed by atoms with Crippen LogP contribution in [0.4, 0.5) is 8.78 Å². The van der Waals surface area contributed by atoms with Gasteiger partial charge in [-0.05, 0) is 6.92 Å². The molecule has 1 aromatic rings. The number of aliphatic imine (C=N–C) groups is 1. The summed E-state index contributed by atoms with van der Waals surface area (Å²) in [4.78, 5) is 4.11. The van der Waals surface area contributed by atoms with Crippen molar-refractivity contribution in [2.45, 2.75) is 25.7 Å². The summed E-state index contributed by atoms with van der Waals surface area (Å²) in [6.45, 7) is 1.30. The molecule has 0 radical (unpaired) electrons. The zero-order valence-corrected chi connectivity index (χ0v) is 9.77. The van der Waals surface area contributed by atoms with Crippen LogP contribution in [-0.2, 0) is 12.3 Å². The Morgan fingerprint density at radius 1 is 1.56 bits per heavy atom. The van der Waals surface area contributed by atoms with Crippen molar-refractivity contribution in [3.8, 4) is 0 Å². The van der Waals surface area contributed by atoms with Gasteiger partial charge < -0.3 is 11.1 Å². The van der Waals surface area contributed by atoms with Gasteiger partial charge in [-0.15, -0.1) is 0 Å². The number of nitrogens with two attached hydrogens (primary N) is 2. The predicted molar refractivity (Wildman–Crippen MR) is 62.6 cm³/mol. The molecule has 2 heterocycles. The summed E-state index contributed by atoms with van der Waals surface area (Å²) in [5.74, 6) is -0.956. The first-order chi connectivity index (χ1) is 8.40. The van der Waals surface area contributed by atoms with Crippen molar-refractivity contribution in [1.29, 1.82) is 0 Å². The lowest BCUT2D eigenvalue weighted by Crippen LogP contribution is -2.50. The van der Waals surface area contributed by atoms with E-state index in [0.29, 0.717) is 11.4 Å². The van der Waals surface area contributed by atoms with Crippen LogP contribution in [0.3, 0.4) is 0 Å². The van der Waals surface area contributed by atoms with Gasteiger partial charge in [-0.1, -0.05) is 0 Å². The van der Waals surface area contributed by atoms with Gasteiger partial charge in [-0.3, -0.25) is 10.4 Å². The molecule has 0 bridgehead atoms. The van der Waals surface area contributed by atoms with E-state index in [-0.39, 0.29) is 0 Å². The number of nitrogens with zero attached hydrogens (tertiary/aromatic N) is 3. The van der Waals surface area contributed by atoms with Crippen LogP contribution in [0, 0.1) is 0 Å². The lowest BCUT2D eigenvalue weighted by molar-refractivity contribution is 0.121. The number of alkyl halides is 2. The molecule has 6 nitrogen and oxygen atoms in total. The molecule has 98 valence electrons. The van der Waals surface area contributed by atoms with Crippen molar-refractivity contribution in [3.63, 3.8) is 0 Å². The fourth-order valence-corrected chi connectivity index (χ4v) is 1.55. The average Bonchev–Trinajstić information content (AvgIpc) is 2.72. The number of rotatable bonds is 3. The van der Waals surface area contributed by atoms with Gasteiger partial charge in [0.25, 0.3) is 6.43 Å². The molecule has 1 unspecified atom stereocenters. The second kappa shape index (κ2) is 4.37. The lowest BCUT2D eigenvalue weighted by Gasteiger charge is -2.28. The van der Waals surface area contributed by atoms with Crippen LogP contribution in [0.1, 0.15) is 12.5 Å². The van der Waals surface area contributed by atoms with Crippen molar-refractivity contribution in [2.24, 2.45) is 16.5 Å². The Morgan fingerprint density at radius 3 is 2.89 bits per heavy atom. The molecular weight excluding hydrogens is 242 g/mol. The lowest BCUT2D eigenvalue weighted by atomic mass is 10.1. The molecule has 0 saturated carbocycles. The number of nitrogens with one attached hydrogen (secondary N) is 1. The highest BCUT2D eigenvalue weighted by molar-refractivity contribution is 5.97. The van der Waals surface area contributed by atoms with Gasteiger partial charge in [0.2, 0.25) is 5.79 Å². The first-order valence-corrected chi connectivity index (χ1v) is 5.31. The Labute approximate surface area is 102 Å². The fourth-order valence-electron chi connectivity index (χ4n) is 1.55. The zero-order chi connectivity index (χ0) is 13.3. The molecule has 5 N–H and O–H groups in total. The molecule has 0 aliphatic carbocycles. The van der Waals surface area contributed by atoms with E-state index in [1.807, 2.05) is 0 Å². The van der Waals surface area contributed by atoms with Gasteiger partial charge in [0.05, 0.1) is 11.8 Å². The van der Waals surface area contributed by atoms with Crippen LogP contribution in [0.25, 0.3) is 0 Å². The monoisotopic (exact) mass is 256 g/mol. The van der Waals surface area contributed by atoms with E-state index >= 15 is 0 Å². The first kappa shape index (κ1) is 12.5. The molecule has 1 atom stereocenters. The molecule has 1 aromatic heterocycles. The SMILES string of the molecule is CC1=CNC(N)(c2cnn(CC(F)F)c2)N=C1N. The normalized spacial score (nSPS) is 23.6. The Balaban J connectivity index is 2.24. The molecule has 8 heteroatoms. The van der Waals surface area contributed by atoms with Gasteiger partial charge in [0, 0.05) is 18.0 Å².